The predicted octanol–water partition coefficient (Wildman–Crippen LogP) is 5.97. The molecule has 0 bridgehead atoms. The van der Waals surface area contributed by atoms with Crippen LogP contribution < -0.4 is 16.0 Å². The molecule has 3 aromatic carbocycles. The van der Waals surface area contributed by atoms with Gasteiger partial charge in [-0.3, -0.25) is 9.59 Å². The zero-order valence-electron chi connectivity index (χ0n) is 30.6. The number of carbonyl (C=O) groups is 4. The number of hydrogen-bond donors (Lipinski definition) is 4. The van der Waals surface area contributed by atoms with Crippen LogP contribution >= 0.6 is 11.6 Å². The molecule has 1 fully saturated rings. The van der Waals surface area contributed by atoms with Gasteiger partial charge in [-0.1, -0.05) is 93.0 Å². The Bertz CT molecular complexity index is 1750. The molecule has 52 heavy (non-hydrogen) atoms. The van der Waals surface area contributed by atoms with Gasteiger partial charge in [0.05, 0.1) is 18.1 Å². The SMILES string of the molecule is CC(NC(=O)NCC(C)(C)OC(=O)CNC(=O)OCC1c2ccccc2-c2ccccc21)[C@@H](C)C(=O)N1CC[C@](O)(c2ccc(Cl)cc2)C(C)(C)C1. The molecule has 0 saturated carbocycles. The molecule has 2 aliphatic rings. The third-order valence-electron chi connectivity index (χ3n) is 10.4. The van der Waals surface area contributed by atoms with E-state index in [1.54, 1.807) is 44.7 Å². The van der Waals surface area contributed by atoms with E-state index in [2.05, 4.69) is 28.1 Å². The molecule has 1 heterocycles. The Hall–Kier alpha value is -4.61. The lowest BCUT2D eigenvalue weighted by Gasteiger charge is -2.51. The zero-order valence-corrected chi connectivity index (χ0v) is 31.4. The molecule has 0 aromatic heterocycles. The van der Waals surface area contributed by atoms with Gasteiger partial charge in [-0.05, 0) is 67.1 Å². The second-order valence-corrected chi connectivity index (χ2v) is 15.5. The Labute approximate surface area is 310 Å². The molecule has 11 nitrogen and oxygen atoms in total. The molecule has 0 spiro atoms. The van der Waals surface area contributed by atoms with Crippen LogP contribution in [0.2, 0.25) is 5.02 Å². The highest BCUT2D eigenvalue weighted by Gasteiger charge is 2.50. The van der Waals surface area contributed by atoms with Gasteiger partial charge in [0.2, 0.25) is 5.91 Å². The van der Waals surface area contributed by atoms with E-state index in [9.17, 15) is 24.3 Å². The number of aliphatic hydroxyl groups is 1. The molecule has 4 N–H and O–H groups in total. The Morgan fingerprint density at radius 2 is 1.54 bits per heavy atom. The lowest BCUT2D eigenvalue weighted by atomic mass is 9.66. The van der Waals surface area contributed by atoms with Gasteiger partial charge < -0.3 is 35.4 Å². The normalized spacial score (nSPS) is 19.0. The summed E-state index contributed by atoms with van der Waals surface area (Å²) in [6.07, 6.45) is -0.380. The van der Waals surface area contributed by atoms with Gasteiger partial charge in [0.25, 0.3) is 0 Å². The minimum atomic E-state index is -1.13. The fourth-order valence-electron chi connectivity index (χ4n) is 7.12. The number of amides is 4. The van der Waals surface area contributed by atoms with Crippen molar-refractivity contribution in [2.75, 3.05) is 32.8 Å². The quantitative estimate of drug-likeness (QED) is 0.178. The first-order chi connectivity index (χ1) is 24.5. The number of likely N-dealkylation sites (tertiary alicyclic amines) is 1. The number of nitrogens with one attached hydrogen (secondary N) is 3. The van der Waals surface area contributed by atoms with Crippen molar-refractivity contribution in [1.29, 1.82) is 0 Å². The number of benzene rings is 3. The largest absolute Gasteiger partial charge is 0.456 e. The molecule has 278 valence electrons. The summed E-state index contributed by atoms with van der Waals surface area (Å²) in [7, 11) is 0. The van der Waals surface area contributed by atoms with Crippen LogP contribution in [-0.2, 0) is 24.7 Å². The molecule has 1 saturated heterocycles. The maximum atomic E-state index is 13.5. The van der Waals surface area contributed by atoms with Crippen LogP contribution in [0, 0.1) is 11.3 Å². The fourth-order valence-corrected chi connectivity index (χ4v) is 7.25. The third-order valence-corrected chi connectivity index (χ3v) is 10.6. The number of nitrogens with zero attached hydrogens (tertiary/aromatic N) is 1. The number of carbonyl (C=O) groups excluding carboxylic acids is 4. The lowest BCUT2D eigenvalue weighted by molar-refractivity contribution is -0.157. The van der Waals surface area contributed by atoms with Crippen LogP contribution in [0.1, 0.15) is 70.6 Å². The molecule has 0 radical (unpaired) electrons. The number of hydrogen-bond acceptors (Lipinski definition) is 7. The molecule has 1 unspecified atom stereocenters. The van der Waals surface area contributed by atoms with E-state index >= 15 is 0 Å². The molecule has 1 aliphatic heterocycles. The fraction of sp³-hybridized carbons (Fsp3) is 0.450. The van der Waals surface area contributed by atoms with Crippen LogP contribution in [-0.4, -0.2) is 78.4 Å². The van der Waals surface area contributed by atoms with Crippen molar-refractivity contribution >= 4 is 35.6 Å². The van der Waals surface area contributed by atoms with Crippen molar-refractivity contribution in [3.63, 3.8) is 0 Å². The van der Waals surface area contributed by atoms with Crippen molar-refractivity contribution in [1.82, 2.24) is 20.9 Å². The predicted molar refractivity (Wildman–Crippen MR) is 199 cm³/mol. The van der Waals surface area contributed by atoms with Crippen LogP contribution in [0.5, 0.6) is 0 Å². The minimum Gasteiger partial charge on any atom is -0.456 e. The number of fused-ring (bicyclic) bond motifs is 3. The van der Waals surface area contributed by atoms with Crippen LogP contribution in [0.25, 0.3) is 11.1 Å². The summed E-state index contributed by atoms with van der Waals surface area (Å²) in [5.41, 5.74) is 2.29. The summed E-state index contributed by atoms with van der Waals surface area (Å²) >= 11 is 6.06. The Balaban J connectivity index is 1.03. The van der Waals surface area contributed by atoms with Gasteiger partial charge in [0.15, 0.2) is 0 Å². The number of esters is 1. The molecule has 12 heteroatoms. The average molecular weight is 733 g/mol. The van der Waals surface area contributed by atoms with Crippen molar-refractivity contribution in [3.8, 4) is 11.1 Å². The maximum Gasteiger partial charge on any atom is 0.407 e. The number of piperidine rings is 1. The Kier molecular flexibility index (Phi) is 11.6. The summed E-state index contributed by atoms with van der Waals surface area (Å²) in [5, 5.41) is 20.2. The molecule has 5 rings (SSSR count). The molecule has 1 aliphatic carbocycles. The van der Waals surface area contributed by atoms with Crippen molar-refractivity contribution in [2.45, 2.75) is 71.1 Å². The standard InChI is InChI=1S/C40H49ClN4O7/c1-25(35(47)45-20-19-40(50,38(3,4)24-45)27-15-17-28(41)18-16-27)26(2)44-36(48)43-23-39(5,6)52-34(46)21-42-37(49)51-22-33-31-13-9-7-11-29(31)30-12-8-10-14-32(30)33/h7-18,25-26,33,50H,19-24H2,1-6H3,(H,42,49)(H2,43,44,48)/t25-,26?,40+/m1/s1. The van der Waals surface area contributed by atoms with Gasteiger partial charge in [-0.2, -0.15) is 0 Å². The minimum absolute atomic E-state index is 0.0197. The summed E-state index contributed by atoms with van der Waals surface area (Å²) in [6, 6.07) is 22.1. The van der Waals surface area contributed by atoms with Gasteiger partial charge >= 0.3 is 18.1 Å². The smallest absolute Gasteiger partial charge is 0.407 e. The second kappa shape index (κ2) is 15.6. The Morgan fingerprint density at radius 1 is 0.942 bits per heavy atom. The Morgan fingerprint density at radius 3 is 2.13 bits per heavy atom. The monoisotopic (exact) mass is 732 g/mol. The first-order valence-electron chi connectivity index (χ1n) is 17.6. The lowest BCUT2D eigenvalue weighted by Crippen LogP contribution is -2.58. The topological polar surface area (TPSA) is 146 Å². The van der Waals surface area contributed by atoms with E-state index in [4.69, 9.17) is 21.1 Å². The summed E-state index contributed by atoms with van der Waals surface area (Å²) in [6.45, 7) is 11.0. The first kappa shape index (κ1) is 38.6. The first-order valence-corrected chi connectivity index (χ1v) is 18.0. The van der Waals surface area contributed by atoms with E-state index in [0.717, 1.165) is 27.8 Å². The van der Waals surface area contributed by atoms with Crippen molar-refractivity contribution in [2.24, 2.45) is 11.3 Å². The van der Waals surface area contributed by atoms with Crippen molar-refractivity contribution in [3.05, 3.63) is 94.5 Å². The molecule has 3 atom stereocenters. The van der Waals surface area contributed by atoms with E-state index in [0.29, 0.717) is 24.5 Å². The molecule has 3 aromatic rings. The number of alkyl carbamates (subject to hydrolysis) is 1. The molecular formula is C40H49ClN4O7. The van der Waals surface area contributed by atoms with E-state index in [1.807, 2.05) is 62.4 Å². The number of rotatable bonds is 11. The van der Waals surface area contributed by atoms with Crippen molar-refractivity contribution < 1.29 is 33.8 Å². The third kappa shape index (κ3) is 8.53. The van der Waals surface area contributed by atoms with Crippen LogP contribution in [0.4, 0.5) is 9.59 Å². The van der Waals surface area contributed by atoms with Gasteiger partial charge in [-0.15, -0.1) is 0 Å². The second-order valence-electron chi connectivity index (χ2n) is 15.1. The number of ether oxygens (including phenoxy) is 2. The van der Waals surface area contributed by atoms with E-state index in [-0.39, 0.29) is 25.0 Å². The van der Waals surface area contributed by atoms with E-state index < -0.39 is 53.2 Å². The molecule has 4 amide bonds. The highest BCUT2D eigenvalue weighted by Crippen LogP contribution is 2.47. The number of halogens is 1. The van der Waals surface area contributed by atoms with Crippen LogP contribution in [0.15, 0.2) is 72.8 Å². The highest BCUT2D eigenvalue weighted by molar-refractivity contribution is 6.30. The van der Waals surface area contributed by atoms with Gasteiger partial charge in [0, 0.05) is 35.5 Å². The summed E-state index contributed by atoms with van der Waals surface area (Å²) in [4.78, 5) is 53.1. The van der Waals surface area contributed by atoms with Crippen LogP contribution in [0.3, 0.4) is 0 Å². The number of urea groups is 1. The average Bonchev–Trinajstić information content (AvgIpc) is 3.43. The maximum absolute atomic E-state index is 13.5. The van der Waals surface area contributed by atoms with E-state index in [1.165, 1.54) is 0 Å². The molecular weight excluding hydrogens is 684 g/mol. The summed E-state index contributed by atoms with van der Waals surface area (Å²) in [5.74, 6) is -1.47. The van der Waals surface area contributed by atoms with Gasteiger partial charge in [0.1, 0.15) is 18.8 Å². The summed E-state index contributed by atoms with van der Waals surface area (Å²) < 4.78 is 11.0. The zero-order chi connectivity index (χ0) is 37.8. The van der Waals surface area contributed by atoms with Gasteiger partial charge in [-0.25, -0.2) is 9.59 Å². The highest BCUT2D eigenvalue weighted by atomic mass is 35.5.